The zero-order chi connectivity index (χ0) is 16.9. The number of rotatable bonds is 3. The highest BCUT2D eigenvalue weighted by Crippen LogP contribution is 2.38. The molecule has 1 fully saturated rings. The first-order chi connectivity index (χ1) is 11.4. The van der Waals surface area contributed by atoms with E-state index in [1.54, 1.807) is 0 Å². The van der Waals surface area contributed by atoms with Crippen LogP contribution in [0.25, 0.3) is 21.8 Å². The first-order valence-electron chi connectivity index (χ1n) is 8.60. The normalized spacial score (nSPS) is 24.9. The van der Waals surface area contributed by atoms with Crippen molar-refractivity contribution in [3.63, 3.8) is 0 Å². The molecule has 2 atom stereocenters. The van der Waals surface area contributed by atoms with Crippen LogP contribution in [-0.4, -0.2) is 32.4 Å². The van der Waals surface area contributed by atoms with Crippen LogP contribution in [0.4, 0.5) is 0 Å². The molecule has 1 aliphatic heterocycles. The number of aromatic amines is 1. The molecule has 126 valence electrons. The fourth-order valence-corrected chi connectivity index (χ4v) is 3.84. The molecule has 4 rings (SSSR count). The number of para-hydroxylation sites is 1. The summed E-state index contributed by atoms with van der Waals surface area (Å²) in [6.07, 6.45) is 4.31. The molecule has 0 radical (unpaired) electrons. The lowest BCUT2D eigenvalue weighted by molar-refractivity contribution is -0.115. The van der Waals surface area contributed by atoms with Gasteiger partial charge in [-0.05, 0) is 45.7 Å². The lowest BCUT2D eigenvalue weighted by Gasteiger charge is -2.30. The van der Waals surface area contributed by atoms with Gasteiger partial charge in [-0.25, -0.2) is 0 Å². The van der Waals surface area contributed by atoms with Crippen LogP contribution in [0.1, 0.15) is 39.3 Å². The number of hydrogen-bond acceptors (Lipinski definition) is 3. The summed E-state index contributed by atoms with van der Waals surface area (Å²) >= 11 is 0. The highest BCUT2D eigenvalue weighted by molar-refractivity contribution is 6.07. The summed E-state index contributed by atoms with van der Waals surface area (Å²) in [5.74, 6) is 0. The second-order valence-electron chi connectivity index (χ2n) is 7.78. The van der Waals surface area contributed by atoms with Crippen molar-refractivity contribution in [1.82, 2.24) is 9.97 Å². The van der Waals surface area contributed by atoms with E-state index in [0.717, 1.165) is 36.0 Å². The van der Waals surface area contributed by atoms with E-state index in [2.05, 4.69) is 41.2 Å². The number of hydrogen-bond donors (Lipinski definition) is 2. The lowest BCUT2D eigenvalue weighted by Crippen LogP contribution is -2.39. The van der Waals surface area contributed by atoms with E-state index < -0.39 is 5.60 Å². The third-order valence-electron chi connectivity index (χ3n) is 5.20. The summed E-state index contributed by atoms with van der Waals surface area (Å²) in [5, 5.41) is 12.7. The van der Waals surface area contributed by atoms with Crippen molar-refractivity contribution in [1.29, 1.82) is 0 Å². The molecule has 2 aromatic heterocycles. The SMILES string of the molecule is CC(C)(O)[C@@H]1CC[C@](C)(Cc2nccc3c2[nH]c2ccccc23)O1. The number of fused-ring (bicyclic) bond motifs is 3. The van der Waals surface area contributed by atoms with E-state index in [4.69, 9.17) is 4.74 Å². The van der Waals surface area contributed by atoms with Crippen molar-refractivity contribution in [3.8, 4) is 0 Å². The summed E-state index contributed by atoms with van der Waals surface area (Å²) in [6.45, 7) is 5.77. The number of ether oxygens (including phenoxy) is 1. The van der Waals surface area contributed by atoms with E-state index in [-0.39, 0.29) is 11.7 Å². The predicted molar refractivity (Wildman–Crippen MR) is 96.1 cm³/mol. The highest BCUT2D eigenvalue weighted by Gasteiger charge is 2.42. The van der Waals surface area contributed by atoms with E-state index in [0.29, 0.717) is 0 Å². The van der Waals surface area contributed by atoms with Gasteiger partial charge in [-0.15, -0.1) is 0 Å². The van der Waals surface area contributed by atoms with Crippen molar-refractivity contribution in [2.24, 2.45) is 0 Å². The molecule has 1 aliphatic rings. The molecule has 2 N–H and O–H groups in total. The topological polar surface area (TPSA) is 58.1 Å². The third-order valence-corrected chi connectivity index (χ3v) is 5.20. The molecule has 0 saturated carbocycles. The number of aliphatic hydroxyl groups is 1. The standard InChI is InChI=1S/C20H24N2O2/c1-19(2,23)17-8-10-20(3,24-17)12-16-18-14(9-11-21-16)13-6-4-5-7-15(13)22-18/h4-7,9,11,17,22-23H,8,10,12H2,1-3H3/t17-,20+/m0/s1. The summed E-state index contributed by atoms with van der Waals surface area (Å²) in [5.41, 5.74) is 2.16. The molecule has 0 amide bonds. The molecule has 24 heavy (non-hydrogen) atoms. The maximum Gasteiger partial charge on any atom is 0.0865 e. The maximum absolute atomic E-state index is 10.2. The van der Waals surface area contributed by atoms with E-state index in [1.807, 2.05) is 26.1 Å². The van der Waals surface area contributed by atoms with E-state index in [1.165, 1.54) is 10.8 Å². The molecular weight excluding hydrogens is 300 g/mol. The van der Waals surface area contributed by atoms with Gasteiger partial charge >= 0.3 is 0 Å². The highest BCUT2D eigenvalue weighted by atomic mass is 16.5. The van der Waals surface area contributed by atoms with Gasteiger partial charge in [0, 0.05) is 28.9 Å². The summed E-state index contributed by atoms with van der Waals surface area (Å²) in [7, 11) is 0. The number of aromatic nitrogens is 2. The zero-order valence-electron chi connectivity index (χ0n) is 14.5. The van der Waals surface area contributed by atoms with Crippen molar-refractivity contribution in [2.75, 3.05) is 0 Å². The molecule has 3 aromatic rings. The Kier molecular flexibility index (Phi) is 3.44. The Hall–Kier alpha value is -1.91. The van der Waals surface area contributed by atoms with E-state index in [9.17, 15) is 5.11 Å². The van der Waals surface area contributed by atoms with Gasteiger partial charge < -0.3 is 14.8 Å². The van der Waals surface area contributed by atoms with Gasteiger partial charge in [-0.3, -0.25) is 4.98 Å². The van der Waals surface area contributed by atoms with Crippen LogP contribution in [0.15, 0.2) is 36.5 Å². The Bertz CT molecular complexity index is 893. The molecule has 0 unspecified atom stereocenters. The summed E-state index contributed by atoms with van der Waals surface area (Å²) < 4.78 is 6.24. The van der Waals surface area contributed by atoms with Crippen LogP contribution >= 0.6 is 0 Å². The second kappa shape index (κ2) is 5.30. The minimum atomic E-state index is -0.807. The van der Waals surface area contributed by atoms with Crippen LogP contribution in [0.3, 0.4) is 0 Å². The average molecular weight is 324 g/mol. The molecule has 0 bridgehead atoms. The number of benzene rings is 1. The fourth-order valence-electron chi connectivity index (χ4n) is 3.84. The predicted octanol–water partition coefficient (Wildman–Crippen LogP) is 3.97. The van der Waals surface area contributed by atoms with Gasteiger partial charge in [0.05, 0.1) is 28.5 Å². The Morgan fingerprint density at radius 1 is 1.29 bits per heavy atom. The van der Waals surface area contributed by atoms with Gasteiger partial charge in [0.25, 0.3) is 0 Å². The average Bonchev–Trinajstić information content (AvgIpc) is 3.09. The van der Waals surface area contributed by atoms with E-state index >= 15 is 0 Å². The third kappa shape index (κ3) is 2.60. The van der Waals surface area contributed by atoms with Gasteiger partial charge in [-0.2, -0.15) is 0 Å². The summed E-state index contributed by atoms with van der Waals surface area (Å²) in [6, 6.07) is 10.4. The molecular formula is C20H24N2O2. The lowest BCUT2D eigenvalue weighted by atomic mass is 9.93. The van der Waals surface area contributed by atoms with Crippen molar-refractivity contribution >= 4 is 21.8 Å². The molecule has 4 nitrogen and oxygen atoms in total. The molecule has 1 aromatic carbocycles. The van der Waals surface area contributed by atoms with Gasteiger partial charge in [0.2, 0.25) is 0 Å². The largest absolute Gasteiger partial charge is 0.388 e. The molecule has 4 heteroatoms. The van der Waals surface area contributed by atoms with Crippen molar-refractivity contribution < 1.29 is 9.84 Å². The molecule has 0 aliphatic carbocycles. The minimum Gasteiger partial charge on any atom is -0.388 e. The van der Waals surface area contributed by atoms with Crippen LogP contribution < -0.4 is 0 Å². The van der Waals surface area contributed by atoms with Crippen molar-refractivity contribution in [3.05, 3.63) is 42.2 Å². The minimum absolute atomic E-state index is 0.121. The number of nitrogens with one attached hydrogen (secondary N) is 1. The van der Waals surface area contributed by atoms with Crippen molar-refractivity contribution in [2.45, 2.75) is 57.3 Å². The quantitative estimate of drug-likeness (QED) is 0.766. The Morgan fingerprint density at radius 3 is 2.83 bits per heavy atom. The smallest absolute Gasteiger partial charge is 0.0865 e. The number of pyridine rings is 1. The van der Waals surface area contributed by atoms with Crippen LogP contribution in [0.2, 0.25) is 0 Å². The Morgan fingerprint density at radius 2 is 2.08 bits per heavy atom. The van der Waals surface area contributed by atoms with Crippen LogP contribution in [-0.2, 0) is 11.2 Å². The zero-order valence-corrected chi connectivity index (χ0v) is 14.5. The second-order valence-corrected chi connectivity index (χ2v) is 7.78. The molecule has 3 heterocycles. The fraction of sp³-hybridized carbons (Fsp3) is 0.450. The number of nitrogens with zero attached hydrogens (tertiary/aromatic N) is 1. The number of H-pyrrole nitrogens is 1. The molecule has 0 spiro atoms. The van der Waals surface area contributed by atoms with Crippen LogP contribution in [0.5, 0.6) is 0 Å². The van der Waals surface area contributed by atoms with Crippen LogP contribution in [0, 0.1) is 0 Å². The van der Waals surface area contributed by atoms with Gasteiger partial charge in [-0.1, -0.05) is 18.2 Å². The first kappa shape index (κ1) is 15.6. The molecule has 1 saturated heterocycles. The monoisotopic (exact) mass is 324 g/mol. The Balaban J connectivity index is 1.70. The summed E-state index contributed by atoms with van der Waals surface area (Å²) in [4.78, 5) is 8.14. The Labute approximate surface area is 141 Å². The van der Waals surface area contributed by atoms with Gasteiger partial charge in [0.1, 0.15) is 0 Å². The maximum atomic E-state index is 10.2. The first-order valence-corrected chi connectivity index (χ1v) is 8.60. The van der Waals surface area contributed by atoms with Gasteiger partial charge in [0.15, 0.2) is 0 Å².